The average Bonchev–Trinajstić information content (AvgIpc) is 2.62. The molecule has 0 aliphatic carbocycles. The second-order valence-corrected chi connectivity index (χ2v) is 8.95. The van der Waals surface area contributed by atoms with Crippen molar-refractivity contribution in [1.29, 1.82) is 0 Å². The molecule has 2 aromatic carbocycles. The van der Waals surface area contributed by atoms with Crippen LogP contribution in [-0.2, 0) is 9.84 Å². The fraction of sp³-hybridized carbons (Fsp3) is 0.350. The number of sulfone groups is 1. The van der Waals surface area contributed by atoms with E-state index in [9.17, 15) is 22.7 Å². The minimum Gasteiger partial charge on any atom is -0.396 e. The molecule has 8 heteroatoms. The molecule has 0 spiro atoms. The number of aliphatic hydroxyl groups excluding tert-OH is 1. The van der Waals surface area contributed by atoms with Crippen LogP contribution in [0.4, 0.5) is 10.1 Å². The highest BCUT2D eigenvalue weighted by molar-refractivity contribution is 7.91. The van der Waals surface area contributed by atoms with Crippen LogP contribution in [0.3, 0.4) is 0 Å². The van der Waals surface area contributed by atoms with E-state index in [1.54, 1.807) is 6.92 Å². The fourth-order valence-corrected chi connectivity index (χ4v) is 4.43. The van der Waals surface area contributed by atoms with Gasteiger partial charge >= 0.3 is 0 Å². The van der Waals surface area contributed by atoms with Crippen LogP contribution >= 0.6 is 13.5 Å². The number of aliphatic hydroxyl groups is 1. The topological polar surface area (TPSA) is 83.5 Å². The molecule has 154 valence electrons. The van der Waals surface area contributed by atoms with E-state index in [-0.39, 0.29) is 54.0 Å². The van der Waals surface area contributed by atoms with Crippen molar-refractivity contribution < 1.29 is 22.7 Å². The zero-order valence-electron chi connectivity index (χ0n) is 16.1. The molecule has 0 heterocycles. The molecule has 2 N–H and O–H groups in total. The predicted octanol–water partition coefficient (Wildman–Crippen LogP) is 3.54. The van der Waals surface area contributed by atoms with E-state index in [4.69, 9.17) is 0 Å². The summed E-state index contributed by atoms with van der Waals surface area (Å²) >= 11 is 0. The van der Waals surface area contributed by atoms with Gasteiger partial charge in [-0.25, -0.2) is 12.8 Å². The third-order valence-electron chi connectivity index (χ3n) is 4.48. The minimum atomic E-state index is -3.65. The van der Waals surface area contributed by atoms with Gasteiger partial charge in [0, 0.05) is 17.9 Å². The lowest BCUT2D eigenvalue weighted by Gasteiger charge is -2.18. The van der Waals surface area contributed by atoms with Crippen molar-refractivity contribution in [2.24, 2.45) is 11.8 Å². The molecular weight excluding hydrogens is 401 g/mol. The summed E-state index contributed by atoms with van der Waals surface area (Å²) in [6, 6.07) is 9.96. The SMILES string of the molecule is Cc1cc(NC(=O)c2cccc(S(=O)(=O)C[C@H](CO)C(C)C)c2)ccc1F.S. The molecule has 0 saturated heterocycles. The summed E-state index contributed by atoms with van der Waals surface area (Å²) in [4.78, 5) is 12.5. The third kappa shape index (κ3) is 6.05. The summed E-state index contributed by atoms with van der Waals surface area (Å²) in [5.74, 6) is -1.42. The Hall–Kier alpha value is -1.90. The van der Waals surface area contributed by atoms with Crippen LogP contribution in [-0.4, -0.2) is 31.8 Å². The first-order chi connectivity index (χ1) is 12.6. The van der Waals surface area contributed by atoms with E-state index in [1.807, 2.05) is 13.8 Å². The number of nitrogens with one attached hydrogen (secondary N) is 1. The first-order valence-corrected chi connectivity index (χ1v) is 10.3. The Morgan fingerprint density at radius 3 is 2.43 bits per heavy atom. The molecular formula is C20H26FNO4S2. The summed E-state index contributed by atoms with van der Waals surface area (Å²) in [6.45, 7) is 5.07. The van der Waals surface area contributed by atoms with Crippen LogP contribution < -0.4 is 5.32 Å². The van der Waals surface area contributed by atoms with E-state index in [1.165, 1.54) is 42.5 Å². The maximum Gasteiger partial charge on any atom is 0.255 e. The van der Waals surface area contributed by atoms with Crippen molar-refractivity contribution in [3.8, 4) is 0 Å². The van der Waals surface area contributed by atoms with Gasteiger partial charge in [-0.3, -0.25) is 4.79 Å². The fourth-order valence-electron chi connectivity index (χ4n) is 2.59. The Bertz CT molecular complexity index is 930. The molecule has 1 atom stereocenters. The number of halogens is 1. The number of carbonyl (C=O) groups excluding carboxylic acids is 1. The lowest BCUT2D eigenvalue weighted by atomic mass is 9.99. The highest BCUT2D eigenvalue weighted by Gasteiger charge is 2.24. The van der Waals surface area contributed by atoms with Gasteiger partial charge < -0.3 is 10.4 Å². The van der Waals surface area contributed by atoms with Crippen LogP contribution in [0.2, 0.25) is 0 Å². The molecule has 0 radical (unpaired) electrons. The van der Waals surface area contributed by atoms with Gasteiger partial charge in [0.25, 0.3) is 5.91 Å². The zero-order valence-corrected chi connectivity index (χ0v) is 17.9. The van der Waals surface area contributed by atoms with Crippen LogP contribution in [0.5, 0.6) is 0 Å². The Morgan fingerprint density at radius 2 is 1.86 bits per heavy atom. The number of rotatable bonds is 7. The highest BCUT2D eigenvalue weighted by Crippen LogP contribution is 2.21. The summed E-state index contributed by atoms with van der Waals surface area (Å²) in [5.41, 5.74) is 1.00. The van der Waals surface area contributed by atoms with Crippen molar-refractivity contribution in [3.05, 3.63) is 59.4 Å². The number of anilines is 1. The van der Waals surface area contributed by atoms with Gasteiger partial charge in [0.1, 0.15) is 5.82 Å². The number of hydrogen-bond donors (Lipinski definition) is 2. The first kappa shape index (κ1) is 24.1. The van der Waals surface area contributed by atoms with E-state index >= 15 is 0 Å². The van der Waals surface area contributed by atoms with Gasteiger partial charge in [-0.1, -0.05) is 19.9 Å². The molecule has 2 aromatic rings. The Labute approximate surface area is 172 Å². The maximum absolute atomic E-state index is 13.3. The van der Waals surface area contributed by atoms with Gasteiger partial charge in [0.05, 0.1) is 10.6 Å². The quantitative estimate of drug-likeness (QED) is 0.708. The standard InChI is InChI=1S/C20H24FNO4S.H2S/c1-13(2)16(11-23)12-27(25,26)18-6-4-5-15(10-18)20(24)22-17-7-8-19(21)14(3)9-17;/h4-10,13,16,23H,11-12H2,1-3H3,(H,22,24);1H2/t16-;/m0./s1. The van der Waals surface area contributed by atoms with E-state index < -0.39 is 15.7 Å². The van der Waals surface area contributed by atoms with Gasteiger partial charge in [0.15, 0.2) is 9.84 Å². The minimum absolute atomic E-state index is 0. The third-order valence-corrected chi connectivity index (χ3v) is 6.32. The largest absolute Gasteiger partial charge is 0.396 e. The number of hydrogen-bond acceptors (Lipinski definition) is 4. The number of amides is 1. The summed E-state index contributed by atoms with van der Waals surface area (Å²) in [7, 11) is -3.65. The summed E-state index contributed by atoms with van der Waals surface area (Å²) < 4.78 is 38.6. The van der Waals surface area contributed by atoms with E-state index in [0.29, 0.717) is 11.3 Å². The van der Waals surface area contributed by atoms with Gasteiger partial charge in [0.2, 0.25) is 0 Å². The van der Waals surface area contributed by atoms with Crippen LogP contribution in [0, 0.1) is 24.6 Å². The van der Waals surface area contributed by atoms with Crippen molar-refractivity contribution in [3.63, 3.8) is 0 Å². The van der Waals surface area contributed by atoms with Crippen LogP contribution in [0.1, 0.15) is 29.8 Å². The van der Waals surface area contributed by atoms with Crippen molar-refractivity contribution >= 4 is 34.9 Å². The van der Waals surface area contributed by atoms with E-state index in [0.717, 1.165) is 0 Å². The number of carbonyl (C=O) groups is 1. The van der Waals surface area contributed by atoms with Crippen LogP contribution in [0.25, 0.3) is 0 Å². The molecule has 28 heavy (non-hydrogen) atoms. The van der Waals surface area contributed by atoms with E-state index in [2.05, 4.69) is 5.32 Å². The van der Waals surface area contributed by atoms with Gasteiger partial charge in [-0.15, -0.1) is 0 Å². The van der Waals surface area contributed by atoms with Crippen molar-refractivity contribution in [2.75, 3.05) is 17.7 Å². The van der Waals surface area contributed by atoms with Crippen molar-refractivity contribution in [2.45, 2.75) is 25.7 Å². The summed E-state index contributed by atoms with van der Waals surface area (Å²) in [6.07, 6.45) is 0. The first-order valence-electron chi connectivity index (χ1n) is 8.65. The average molecular weight is 428 g/mol. The monoisotopic (exact) mass is 427 g/mol. The molecule has 0 bridgehead atoms. The smallest absolute Gasteiger partial charge is 0.255 e. The molecule has 0 unspecified atom stereocenters. The number of aryl methyl sites for hydroxylation is 1. The predicted molar refractivity (Wildman–Crippen MR) is 113 cm³/mol. The molecule has 0 saturated carbocycles. The maximum atomic E-state index is 13.3. The number of benzene rings is 2. The van der Waals surface area contributed by atoms with Crippen molar-refractivity contribution in [1.82, 2.24) is 0 Å². The molecule has 5 nitrogen and oxygen atoms in total. The molecule has 0 aromatic heterocycles. The highest BCUT2D eigenvalue weighted by atomic mass is 32.2. The zero-order chi connectivity index (χ0) is 20.2. The Kier molecular flexibility index (Phi) is 8.66. The van der Waals surface area contributed by atoms with Gasteiger partial charge in [-0.05, 0) is 60.7 Å². The lowest BCUT2D eigenvalue weighted by Crippen LogP contribution is -2.24. The molecule has 2 rings (SSSR count). The molecule has 0 fully saturated rings. The van der Waals surface area contributed by atoms with Gasteiger partial charge in [-0.2, -0.15) is 13.5 Å². The van der Waals surface area contributed by atoms with Crippen LogP contribution in [0.15, 0.2) is 47.4 Å². The molecule has 1 amide bonds. The Balaban J connectivity index is 0.00000392. The summed E-state index contributed by atoms with van der Waals surface area (Å²) in [5, 5.41) is 12.0. The Morgan fingerprint density at radius 1 is 1.18 bits per heavy atom. The second-order valence-electron chi connectivity index (χ2n) is 6.91. The molecule has 0 aliphatic heterocycles. The second kappa shape index (κ2) is 10.0. The lowest BCUT2D eigenvalue weighted by molar-refractivity contribution is 0.102. The molecule has 0 aliphatic rings. The normalized spacial score (nSPS) is 12.4.